The fourth-order valence-corrected chi connectivity index (χ4v) is 3.06. The van der Waals surface area contributed by atoms with Crippen molar-refractivity contribution in [3.63, 3.8) is 0 Å². The largest absolute Gasteiger partial charge is 0.340 e. The molecule has 3 rings (SSSR count). The van der Waals surface area contributed by atoms with Crippen LogP contribution in [-0.4, -0.2) is 68.0 Å². The van der Waals surface area contributed by atoms with E-state index in [1.165, 1.54) is 5.56 Å². The molecule has 1 amide bonds. The summed E-state index contributed by atoms with van der Waals surface area (Å²) in [7, 11) is 0. The molecule has 0 unspecified atom stereocenters. The maximum Gasteiger partial charge on any atom is 0.222 e. The first kappa shape index (κ1) is 17.8. The molecule has 0 N–H and O–H groups in total. The molecule has 25 heavy (non-hydrogen) atoms. The molecule has 1 aliphatic heterocycles. The quantitative estimate of drug-likeness (QED) is 0.731. The van der Waals surface area contributed by atoms with Crippen molar-refractivity contribution in [1.29, 1.82) is 0 Å². The maximum atomic E-state index is 12.1. The zero-order valence-electron chi connectivity index (χ0n) is 14.4. The molecule has 1 aromatic heterocycles. The summed E-state index contributed by atoms with van der Waals surface area (Å²) < 4.78 is 1.78. The number of nitrogens with zero attached hydrogens (tertiary/aromatic N) is 6. The average molecular weight is 363 g/mol. The van der Waals surface area contributed by atoms with Crippen LogP contribution in [0.1, 0.15) is 24.2 Å². The lowest BCUT2D eigenvalue weighted by Crippen LogP contribution is -2.48. The molecule has 1 aromatic carbocycles. The molecule has 0 aliphatic carbocycles. The molecule has 7 nitrogen and oxygen atoms in total. The van der Waals surface area contributed by atoms with Crippen LogP contribution in [0, 0.1) is 6.92 Å². The first-order valence-electron chi connectivity index (χ1n) is 8.58. The van der Waals surface area contributed by atoms with Gasteiger partial charge in [-0.25, -0.2) is 0 Å². The van der Waals surface area contributed by atoms with E-state index >= 15 is 0 Å². The van der Waals surface area contributed by atoms with E-state index in [0.29, 0.717) is 18.8 Å². The lowest BCUT2D eigenvalue weighted by atomic mass is 10.2. The van der Waals surface area contributed by atoms with Gasteiger partial charge in [-0.05, 0) is 35.9 Å². The zero-order valence-corrected chi connectivity index (χ0v) is 15.2. The minimum Gasteiger partial charge on any atom is -0.340 e. The summed E-state index contributed by atoms with van der Waals surface area (Å²) in [6, 6.07) is 8.13. The predicted molar refractivity (Wildman–Crippen MR) is 95.7 cm³/mol. The molecule has 1 fully saturated rings. The van der Waals surface area contributed by atoms with Gasteiger partial charge in [0.25, 0.3) is 0 Å². The number of amides is 1. The van der Waals surface area contributed by atoms with Crippen molar-refractivity contribution >= 4 is 17.5 Å². The van der Waals surface area contributed by atoms with Gasteiger partial charge in [0.1, 0.15) is 0 Å². The summed E-state index contributed by atoms with van der Waals surface area (Å²) in [5.41, 5.74) is 2.16. The van der Waals surface area contributed by atoms with Crippen LogP contribution in [0.2, 0.25) is 0 Å². The number of aromatic nitrogens is 4. The third-order valence-corrected chi connectivity index (χ3v) is 4.69. The Labute approximate surface area is 152 Å². The summed E-state index contributed by atoms with van der Waals surface area (Å²) in [6.45, 7) is 5.87. The van der Waals surface area contributed by atoms with Crippen LogP contribution in [0.15, 0.2) is 24.3 Å². The normalized spacial score (nSPS) is 15.5. The van der Waals surface area contributed by atoms with Gasteiger partial charge in [0.15, 0.2) is 5.82 Å². The molecule has 0 atom stereocenters. The van der Waals surface area contributed by atoms with E-state index in [1.807, 2.05) is 29.2 Å². The Kier molecular flexibility index (Phi) is 5.99. The second-order valence-corrected chi connectivity index (χ2v) is 6.67. The number of piperazine rings is 1. The maximum absolute atomic E-state index is 12.1. The van der Waals surface area contributed by atoms with Crippen LogP contribution in [0.5, 0.6) is 0 Å². The van der Waals surface area contributed by atoms with E-state index < -0.39 is 0 Å². The van der Waals surface area contributed by atoms with E-state index in [-0.39, 0.29) is 5.91 Å². The Hall–Kier alpha value is -1.99. The first-order chi connectivity index (χ1) is 12.2. The minimum absolute atomic E-state index is 0.199. The smallest absolute Gasteiger partial charge is 0.222 e. The van der Waals surface area contributed by atoms with E-state index in [4.69, 9.17) is 11.6 Å². The van der Waals surface area contributed by atoms with Gasteiger partial charge in [0, 0.05) is 38.5 Å². The number of hydrogen-bond acceptors (Lipinski definition) is 5. The molecule has 8 heteroatoms. The lowest BCUT2D eigenvalue weighted by molar-refractivity contribution is -0.133. The molecule has 1 aliphatic rings. The van der Waals surface area contributed by atoms with Crippen molar-refractivity contribution in [2.24, 2.45) is 0 Å². The highest BCUT2D eigenvalue weighted by Crippen LogP contribution is 2.13. The van der Waals surface area contributed by atoms with Crippen LogP contribution in [0.4, 0.5) is 0 Å². The highest BCUT2D eigenvalue weighted by Gasteiger charge is 2.22. The highest BCUT2D eigenvalue weighted by molar-refractivity contribution is 6.17. The third kappa shape index (κ3) is 4.55. The zero-order chi connectivity index (χ0) is 17.6. The van der Waals surface area contributed by atoms with Crippen LogP contribution in [-0.2, 0) is 11.3 Å². The summed E-state index contributed by atoms with van der Waals surface area (Å²) in [5.74, 6) is 1.54. The van der Waals surface area contributed by atoms with Gasteiger partial charge >= 0.3 is 0 Å². The average Bonchev–Trinajstić information content (AvgIpc) is 3.09. The second-order valence-electron chi connectivity index (χ2n) is 6.29. The molecule has 2 aromatic rings. The third-order valence-electron chi connectivity index (χ3n) is 4.43. The first-order valence-corrected chi connectivity index (χ1v) is 9.11. The molecule has 0 spiro atoms. The Balaban J connectivity index is 1.57. The number of tetrazole rings is 1. The molecule has 0 radical (unpaired) electrons. The van der Waals surface area contributed by atoms with Gasteiger partial charge in [-0.3, -0.25) is 9.69 Å². The molecule has 1 saturated heterocycles. The summed E-state index contributed by atoms with van der Waals surface area (Å²) in [5, 5.41) is 12.1. The monoisotopic (exact) mass is 362 g/mol. The minimum atomic E-state index is 0.199. The Morgan fingerprint density at radius 2 is 1.88 bits per heavy atom. The van der Waals surface area contributed by atoms with Crippen LogP contribution >= 0.6 is 11.6 Å². The molecular weight excluding hydrogens is 340 g/mol. The van der Waals surface area contributed by atoms with Crippen molar-refractivity contribution in [1.82, 2.24) is 30.0 Å². The Bertz CT molecular complexity index is 693. The predicted octanol–water partition coefficient (Wildman–Crippen LogP) is 1.63. The second kappa shape index (κ2) is 8.40. The van der Waals surface area contributed by atoms with Gasteiger partial charge in [0.2, 0.25) is 5.91 Å². The SMILES string of the molecule is Cc1ccc(-n2nnnc2CN2CCN(C(=O)CCCCl)CC2)cc1. The topological polar surface area (TPSA) is 67.2 Å². The summed E-state index contributed by atoms with van der Waals surface area (Å²) in [6.07, 6.45) is 1.28. The van der Waals surface area contributed by atoms with Gasteiger partial charge in [-0.2, -0.15) is 4.68 Å². The van der Waals surface area contributed by atoms with Gasteiger partial charge in [-0.15, -0.1) is 16.7 Å². The standard InChI is InChI=1S/C17H23ClN6O/c1-14-4-6-15(7-5-14)24-16(19-20-21-24)13-22-9-11-23(12-10-22)17(25)3-2-8-18/h4-7H,2-3,8-13H2,1H3. The van der Waals surface area contributed by atoms with E-state index in [1.54, 1.807) is 4.68 Å². The van der Waals surface area contributed by atoms with Crippen molar-refractivity contribution in [3.8, 4) is 5.69 Å². The fourth-order valence-electron chi connectivity index (χ4n) is 2.92. The number of hydrogen-bond donors (Lipinski definition) is 0. The van der Waals surface area contributed by atoms with Crippen LogP contribution < -0.4 is 0 Å². The number of carbonyl (C=O) groups excluding carboxylic acids is 1. The van der Waals surface area contributed by atoms with Crippen LogP contribution in [0.25, 0.3) is 5.69 Å². The van der Waals surface area contributed by atoms with E-state index in [9.17, 15) is 4.79 Å². The fraction of sp³-hybridized carbons (Fsp3) is 0.529. The number of halogens is 1. The molecule has 0 saturated carbocycles. The van der Waals surface area contributed by atoms with Crippen molar-refractivity contribution in [2.75, 3.05) is 32.1 Å². The van der Waals surface area contributed by atoms with E-state index in [0.717, 1.165) is 44.1 Å². The van der Waals surface area contributed by atoms with Crippen molar-refractivity contribution < 1.29 is 4.79 Å². The highest BCUT2D eigenvalue weighted by atomic mass is 35.5. The van der Waals surface area contributed by atoms with Gasteiger partial charge in [0.05, 0.1) is 12.2 Å². The number of benzene rings is 1. The van der Waals surface area contributed by atoms with Crippen LogP contribution in [0.3, 0.4) is 0 Å². The van der Waals surface area contributed by atoms with E-state index in [2.05, 4.69) is 27.3 Å². The number of aryl methyl sites for hydroxylation is 1. The molecule has 2 heterocycles. The Morgan fingerprint density at radius 1 is 1.16 bits per heavy atom. The summed E-state index contributed by atoms with van der Waals surface area (Å²) in [4.78, 5) is 16.3. The number of alkyl halides is 1. The molecule has 0 bridgehead atoms. The molecular formula is C17H23ClN6O. The molecule has 134 valence electrons. The van der Waals surface area contributed by atoms with Gasteiger partial charge < -0.3 is 4.90 Å². The van der Waals surface area contributed by atoms with Gasteiger partial charge in [-0.1, -0.05) is 17.7 Å². The summed E-state index contributed by atoms with van der Waals surface area (Å²) >= 11 is 5.66. The number of rotatable bonds is 6. The van der Waals surface area contributed by atoms with Crippen molar-refractivity contribution in [2.45, 2.75) is 26.3 Å². The lowest BCUT2D eigenvalue weighted by Gasteiger charge is -2.34. The van der Waals surface area contributed by atoms with Crippen molar-refractivity contribution in [3.05, 3.63) is 35.7 Å². The number of carbonyl (C=O) groups is 1. The Morgan fingerprint density at radius 3 is 2.56 bits per heavy atom.